The van der Waals surface area contributed by atoms with E-state index in [-0.39, 0.29) is 12.2 Å². The zero-order valence-electron chi connectivity index (χ0n) is 9.51. The van der Waals surface area contributed by atoms with Crippen molar-refractivity contribution in [2.45, 2.75) is 12.2 Å². The average Bonchev–Trinajstić information content (AvgIpc) is 2.79. The molecule has 0 radical (unpaired) electrons. The number of aromatic hydroxyl groups is 1. The van der Waals surface area contributed by atoms with Crippen molar-refractivity contribution in [3.05, 3.63) is 29.8 Å². The largest absolute Gasteiger partial charge is 0.508 e. The summed E-state index contributed by atoms with van der Waals surface area (Å²) in [6, 6.07) is 6.39. The van der Waals surface area contributed by atoms with E-state index in [4.69, 9.17) is 9.47 Å². The van der Waals surface area contributed by atoms with Gasteiger partial charge in [0.15, 0.2) is 0 Å². The van der Waals surface area contributed by atoms with Crippen molar-refractivity contribution in [2.24, 2.45) is 0 Å². The summed E-state index contributed by atoms with van der Waals surface area (Å²) in [5.41, 5.74) is 0.693. The van der Waals surface area contributed by atoms with Crippen LogP contribution in [0.25, 0.3) is 0 Å². The van der Waals surface area contributed by atoms with Crippen LogP contribution in [0.5, 0.6) is 5.75 Å². The smallest absolute Gasteiger partial charge is 0.311 e. The minimum Gasteiger partial charge on any atom is -0.508 e. The van der Waals surface area contributed by atoms with E-state index in [2.05, 4.69) is 4.74 Å². The number of hydrogen-bond donors (Lipinski definition) is 1. The highest BCUT2D eigenvalue weighted by Crippen LogP contribution is 2.35. The second-order valence-electron chi connectivity index (χ2n) is 3.75. The van der Waals surface area contributed by atoms with Crippen LogP contribution in [-0.2, 0) is 24.8 Å². The van der Waals surface area contributed by atoms with Gasteiger partial charge < -0.3 is 19.3 Å². The fourth-order valence-corrected chi connectivity index (χ4v) is 1.80. The van der Waals surface area contributed by atoms with Crippen molar-refractivity contribution in [3.63, 3.8) is 0 Å². The molecule has 2 rings (SSSR count). The molecule has 1 N–H and O–H groups in total. The molecule has 1 saturated heterocycles. The molecule has 1 aromatic rings. The Hall–Kier alpha value is -1.59. The lowest BCUT2D eigenvalue weighted by Gasteiger charge is -2.26. The van der Waals surface area contributed by atoms with Gasteiger partial charge in [0.05, 0.1) is 20.3 Å². The Morgan fingerprint density at radius 3 is 2.47 bits per heavy atom. The molecule has 0 aromatic heterocycles. The second kappa shape index (κ2) is 4.73. The molecule has 0 saturated carbocycles. The van der Waals surface area contributed by atoms with Gasteiger partial charge in [-0.1, -0.05) is 0 Å². The average molecular weight is 238 g/mol. The first kappa shape index (κ1) is 11.9. The van der Waals surface area contributed by atoms with E-state index < -0.39 is 11.8 Å². The molecule has 1 heterocycles. The van der Waals surface area contributed by atoms with Gasteiger partial charge in [0.1, 0.15) is 12.2 Å². The summed E-state index contributed by atoms with van der Waals surface area (Å²) in [4.78, 5) is 11.4. The number of rotatable bonds is 3. The molecule has 1 aliphatic heterocycles. The number of ether oxygens (including phenoxy) is 3. The molecule has 1 aliphatic rings. The number of phenols is 1. The second-order valence-corrected chi connectivity index (χ2v) is 3.75. The third-order valence-electron chi connectivity index (χ3n) is 2.67. The lowest BCUT2D eigenvalue weighted by molar-refractivity contribution is -0.186. The number of carbonyl (C=O) groups excluding carboxylic acids is 1. The summed E-state index contributed by atoms with van der Waals surface area (Å²) >= 11 is 0. The summed E-state index contributed by atoms with van der Waals surface area (Å²) in [5, 5.41) is 9.24. The predicted molar refractivity (Wildman–Crippen MR) is 58.3 cm³/mol. The molecule has 0 spiro atoms. The fraction of sp³-hybridized carbons (Fsp3) is 0.417. The molecule has 0 amide bonds. The lowest BCUT2D eigenvalue weighted by atomic mass is 10.0. The van der Waals surface area contributed by atoms with Gasteiger partial charge in [-0.25, -0.2) is 0 Å². The van der Waals surface area contributed by atoms with Crippen LogP contribution >= 0.6 is 0 Å². The van der Waals surface area contributed by atoms with Gasteiger partial charge in [0.2, 0.25) is 5.79 Å². The molecule has 0 bridgehead atoms. The van der Waals surface area contributed by atoms with Crippen molar-refractivity contribution in [3.8, 4) is 5.75 Å². The number of benzene rings is 1. The molecule has 1 aromatic carbocycles. The molecule has 5 heteroatoms. The van der Waals surface area contributed by atoms with E-state index >= 15 is 0 Å². The minimum atomic E-state index is -1.08. The molecule has 92 valence electrons. The maximum absolute atomic E-state index is 11.4. The van der Waals surface area contributed by atoms with Gasteiger partial charge in [-0.05, 0) is 24.3 Å². The van der Waals surface area contributed by atoms with E-state index in [0.717, 1.165) is 0 Å². The monoisotopic (exact) mass is 238 g/mol. The topological polar surface area (TPSA) is 65.0 Å². The molecule has 17 heavy (non-hydrogen) atoms. The van der Waals surface area contributed by atoms with Crippen LogP contribution in [0.3, 0.4) is 0 Å². The minimum absolute atomic E-state index is 0.00568. The fourth-order valence-electron chi connectivity index (χ4n) is 1.80. The zero-order valence-corrected chi connectivity index (χ0v) is 9.51. The highest BCUT2D eigenvalue weighted by atomic mass is 16.7. The Balaban J connectivity index is 2.27. The van der Waals surface area contributed by atoms with Crippen LogP contribution in [0, 0.1) is 0 Å². The summed E-state index contributed by atoms with van der Waals surface area (Å²) in [6.07, 6.45) is -0.00568. The van der Waals surface area contributed by atoms with Crippen LogP contribution in [0.2, 0.25) is 0 Å². The SMILES string of the molecule is COC(=O)CC1(c2ccc(O)cc2)OCCO1. The van der Waals surface area contributed by atoms with Gasteiger partial charge in [0, 0.05) is 5.56 Å². The van der Waals surface area contributed by atoms with Gasteiger partial charge in [-0.3, -0.25) is 4.79 Å². The van der Waals surface area contributed by atoms with Crippen LogP contribution in [0.15, 0.2) is 24.3 Å². The molecular formula is C12H14O5. The van der Waals surface area contributed by atoms with E-state index in [0.29, 0.717) is 18.8 Å². The Labute approximate surface area is 98.9 Å². The third kappa shape index (κ3) is 2.40. The van der Waals surface area contributed by atoms with Gasteiger partial charge in [-0.2, -0.15) is 0 Å². The molecule has 0 atom stereocenters. The van der Waals surface area contributed by atoms with E-state index in [1.165, 1.54) is 19.2 Å². The van der Waals surface area contributed by atoms with Gasteiger partial charge in [0.25, 0.3) is 0 Å². The first-order valence-corrected chi connectivity index (χ1v) is 5.30. The summed E-state index contributed by atoms with van der Waals surface area (Å²) < 4.78 is 15.7. The molecular weight excluding hydrogens is 224 g/mol. The van der Waals surface area contributed by atoms with Crippen molar-refractivity contribution < 1.29 is 24.1 Å². The Bertz CT molecular complexity index is 392. The van der Waals surface area contributed by atoms with Gasteiger partial charge >= 0.3 is 5.97 Å². The van der Waals surface area contributed by atoms with E-state index in [1.807, 2.05) is 0 Å². The van der Waals surface area contributed by atoms with Crippen molar-refractivity contribution in [1.82, 2.24) is 0 Å². The van der Waals surface area contributed by atoms with Crippen LogP contribution in [0.1, 0.15) is 12.0 Å². The summed E-state index contributed by atoms with van der Waals surface area (Å²) in [6.45, 7) is 0.857. The standard InChI is InChI=1S/C12H14O5/c1-15-11(14)8-12(16-6-7-17-12)9-2-4-10(13)5-3-9/h2-5,13H,6-8H2,1H3. The maximum atomic E-state index is 11.4. The Morgan fingerprint density at radius 1 is 1.35 bits per heavy atom. The normalized spacial score (nSPS) is 17.9. The lowest BCUT2D eigenvalue weighted by Crippen LogP contribution is -2.30. The quantitative estimate of drug-likeness (QED) is 0.800. The summed E-state index contributed by atoms with van der Waals surface area (Å²) in [5.74, 6) is -1.33. The molecule has 5 nitrogen and oxygen atoms in total. The van der Waals surface area contributed by atoms with Crippen molar-refractivity contribution in [2.75, 3.05) is 20.3 Å². The number of phenolic OH excluding ortho intramolecular Hbond substituents is 1. The first-order chi connectivity index (χ1) is 8.16. The predicted octanol–water partition coefficient (Wildman–Crippen LogP) is 1.15. The number of esters is 1. The van der Waals surface area contributed by atoms with Crippen LogP contribution < -0.4 is 0 Å². The Kier molecular flexibility index (Phi) is 3.31. The number of carbonyl (C=O) groups is 1. The van der Waals surface area contributed by atoms with Gasteiger partial charge in [-0.15, -0.1) is 0 Å². The molecule has 0 aliphatic carbocycles. The number of hydrogen-bond acceptors (Lipinski definition) is 5. The highest BCUT2D eigenvalue weighted by Gasteiger charge is 2.41. The molecule has 0 unspecified atom stereocenters. The highest BCUT2D eigenvalue weighted by molar-refractivity contribution is 5.70. The Morgan fingerprint density at radius 2 is 1.94 bits per heavy atom. The molecule has 1 fully saturated rings. The zero-order chi connectivity index (χ0) is 12.3. The number of methoxy groups -OCH3 is 1. The van der Waals surface area contributed by atoms with E-state index in [1.54, 1.807) is 12.1 Å². The maximum Gasteiger partial charge on any atom is 0.311 e. The van der Waals surface area contributed by atoms with Crippen LogP contribution in [-0.4, -0.2) is 31.4 Å². The van der Waals surface area contributed by atoms with Crippen LogP contribution in [0.4, 0.5) is 0 Å². The first-order valence-electron chi connectivity index (χ1n) is 5.30. The van der Waals surface area contributed by atoms with Crippen molar-refractivity contribution in [1.29, 1.82) is 0 Å². The third-order valence-corrected chi connectivity index (χ3v) is 2.67. The summed E-state index contributed by atoms with van der Waals surface area (Å²) in [7, 11) is 1.32. The van der Waals surface area contributed by atoms with E-state index in [9.17, 15) is 9.90 Å². The van der Waals surface area contributed by atoms with Crippen molar-refractivity contribution >= 4 is 5.97 Å².